The number of carbonyl (C=O) groups is 1. The van der Waals surface area contributed by atoms with E-state index in [1.54, 1.807) is 43.5 Å². The molecule has 30 heavy (non-hydrogen) atoms. The van der Waals surface area contributed by atoms with E-state index in [2.05, 4.69) is 10.0 Å². The number of hydrogen-bond acceptors (Lipinski definition) is 5. The Morgan fingerprint density at radius 1 is 0.900 bits per heavy atom. The molecule has 0 saturated carbocycles. The van der Waals surface area contributed by atoms with Crippen LogP contribution in [-0.4, -0.2) is 26.7 Å². The van der Waals surface area contributed by atoms with E-state index >= 15 is 0 Å². The van der Waals surface area contributed by atoms with Crippen LogP contribution in [0.4, 0.5) is 11.4 Å². The monoisotopic (exact) mass is 442 g/mol. The normalized spacial score (nSPS) is 12.1. The number of amides is 1. The van der Waals surface area contributed by atoms with Crippen molar-refractivity contribution in [1.82, 2.24) is 0 Å². The standard InChI is InChI=1S/C22H22N2O4S2/c1-16(29-20-12-10-19(28-2)11-13-20)22(25)23-17-8-14-21(15-9-17)30(26,27)24-18-6-4-3-5-7-18/h3-16,24H,1-2H3,(H,23,25). The smallest absolute Gasteiger partial charge is 0.261 e. The molecular weight excluding hydrogens is 420 g/mol. The van der Waals surface area contributed by atoms with Gasteiger partial charge in [-0.05, 0) is 67.6 Å². The van der Waals surface area contributed by atoms with E-state index in [0.29, 0.717) is 11.4 Å². The summed E-state index contributed by atoms with van der Waals surface area (Å²) in [7, 11) is -2.09. The summed E-state index contributed by atoms with van der Waals surface area (Å²) in [5.74, 6) is 0.585. The molecule has 1 amide bonds. The summed E-state index contributed by atoms with van der Waals surface area (Å²) in [5.41, 5.74) is 1.01. The first-order valence-electron chi connectivity index (χ1n) is 9.17. The van der Waals surface area contributed by atoms with Crippen molar-refractivity contribution in [3.8, 4) is 5.75 Å². The van der Waals surface area contributed by atoms with Gasteiger partial charge in [0, 0.05) is 16.3 Å². The minimum atomic E-state index is -3.70. The number of nitrogens with one attached hydrogen (secondary N) is 2. The lowest BCUT2D eigenvalue weighted by atomic mass is 10.3. The maximum absolute atomic E-state index is 12.5. The number of methoxy groups -OCH3 is 1. The number of thioether (sulfide) groups is 1. The van der Waals surface area contributed by atoms with Crippen molar-refractivity contribution < 1.29 is 17.9 Å². The van der Waals surface area contributed by atoms with Gasteiger partial charge in [-0.15, -0.1) is 11.8 Å². The zero-order valence-electron chi connectivity index (χ0n) is 16.5. The van der Waals surface area contributed by atoms with Gasteiger partial charge in [0.2, 0.25) is 5.91 Å². The van der Waals surface area contributed by atoms with Crippen molar-refractivity contribution in [3.63, 3.8) is 0 Å². The van der Waals surface area contributed by atoms with E-state index in [-0.39, 0.29) is 16.1 Å². The number of sulfonamides is 1. The second kappa shape index (κ2) is 9.69. The molecule has 3 aromatic rings. The molecular formula is C22H22N2O4S2. The second-order valence-electron chi connectivity index (χ2n) is 6.42. The first-order chi connectivity index (χ1) is 14.4. The van der Waals surface area contributed by atoms with Gasteiger partial charge in [-0.1, -0.05) is 18.2 Å². The van der Waals surface area contributed by atoms with E-state index < -0.39 is 10.0 Å². The van der Waals surface area contributed by atoms with Gasteiger partial charge in [0.1, 0.15) is 5.75 Å². The summed E-state index contributed by atoms with van der Waals surface area (Å²) >= 11 is 1.43. The Bertz CT molecular complexity index is 1080. The molecule has 0 fully saturated rings. The van der Waals surface area contributed by atoms with E-state index in [1.165, 1.54) is 23.9 Å². The summed E-state index contributed by atoms with van der Waals surface area (Å²) in [6, 6.07) is 22.2. The molecule has 8 heteroatoms. The predicted molar refractivity (Wildman–Crippen MR) is 121 cm³/mol. The molecule has 0 heterocycles. The molecule has 0 aromatic heterocycles. The van der Waals surface area contributed by atoms with Crippen LogP contribution in [0.2, 0.25) is 0 Å². The highest BCUT2D eigenvalue weighted by Crippen LogP contribution is 2.26. The molecule has 0 spiro atoms. The van der Waals surface area contributed by atoms with E-state index in [9.17, 15) is 13.2 Å². The van der Waals surface area contributed by atoms with Crippen LogP contribution in [0.1, 0.15) is 6.92 Å². The average molecular weight is 443 g/mol. The van der Waals surface area contributed by atoms with Gasteiger partial charge in [0.15, 0.2) is 0 Å². The highest BCUT2D eigenvalue weighted by molar-refractivity contribution is 8.00. The molecule has 1 atom stereocenters. The van der Waals surface area contributed by atoms with Crippen molar-refractivity contribution >= 4 is 39.1 Å². The van der Waals surface area contributed by atoms with Crippen molar-refractivity contribution in [1.29, 1.82) is 0 Å². The van der Waals surface area contributed by atoms with Gasteiger partial charge in [-0.3, -0.25) is 9.52 Å². The molecule has 0 radical (unpaired) electrons. The largest absolute Gasteiger partial charge is 0.497 e. The Balaban J connectivity index is 1.60. The van der Waals surface area contributed by atoms with Crippen LogP contribution < -0.4 is 14.8 Å². The van der Waals surface area contributed by atoms with Crippen LogP contribution in [0.5, 0.6) is 5.75 Å². The lowest BCUT2D eigenvalue weighted by Gasteiger charge is -2.13. The summed E-state index contributed by atoms with van der Waals surface area (Å²) < 4.78 is 32.6. The fourth-order valence-electron chi connectivity index (χ4n) is 2.59. The van der Waals surface area contributed by atoms with Crippen molar-refractivity contribution in [3.05, 3.63) is 78.9 Å². The van der Waals surface area contributed by atoms with Crippen LogP contribution >= 0.6 is 11.8 Å². The number of hydrogen-bond donors (Lipinski definition) is 2. The third kappa shape index (κ3) is 5.77. The SMILES string of the molecule is COc1ccc(SC(C)C(=O)Nc2ccc(S(=O)(=O)Nc3ccccc3)cc2)cc1. The van der Waals surface area contributed by atoms with Gasteiger partial charge in [-0.2, -0.15) is 0 Å². The average Bonchev–Trinajstić information content (AvgIpc) is 2.75. The van der Waals surface area contributed by atoms with Crippen LogP contribution in [-0.2, 0) is 14.8 Å². The highest BCUT2D eigenvalue weighted by Gasteiger charge is 2.17. The summed E-state index contributed by atoms with van der Waals surface area (Å²) in [6.07, 6.45) is 0. The molecule has 1 unspecified atom stereocenters. The Hall–Kier alpha value is -2.97. The van der Waals surface area contributed by atoms with Crippen LogP contribution in [0, 0.1) is 0 Å². The number of para-hydroxylation sites is 1. The van der Waals surface area contributed by atoms with Gasteiger partial charge < -0.3 is 10.1 Å². The van der Waals surface area contributed by atoms with Crippen LogP contribution in [0.3, 0.4) is 0 Å². The maximum atomic E-state index is 12.5. The maximum Gasteiger partial charge on any atom is 0.261 e. The number of benzene rings is 3. The predicted octanol–water partition coefficient (Wildman–Crippen LogP) is 4.62. The zero-order chi connectivity index (χ0) is 21.6. The summed E-state index contributed by atoms with van der Waals surface area (Å²) in [4.78, 5) is 13.5. The molecule has 0 saturated heterocycles. The third-order valence-electron chi connectivity index (χ3n) is 4.20. The number of anilines is 2. The van der Waals surface area contributed by atoms with Crippen molar-refractivity contribution in [2.24, 2.45) is 0 Å². The van der Waals surface area contributed by atoms with Gasteiger partial charge in [0.05, 0.1) is 17.3 Å². The van der Waals surface area contributed by atoms with Gasteiger partial charge in [-0.25, -0.2) is 8.42 Å². The topological polar surface area (TPSA) is 84.5 Å². The molecule has 156 valence electrons. The molecule has 0 aliphatic carbocycles. The number of ether oxygens (including phenoxy) is 1. The number of rotatable bonds is 8. The molecule has 0 aliphatic rings. The molecule has 0 bridgehead atoms. The van der Waals surface area contributed by atoms with E-state index in [1.807, 2.05) is 37.3 Å². The van der Waals surface area contributed by atoms with E-state index in [4.69, 9.17) is 4.74 Å². The molecule has 3 aromatic carbocycles. The second-order valence-corrected chi connectivity index (χ2v) is 9.52. The zero-order valence-corrected chi connectivity index (χ0v) is 18.2. The van der Waals surface area contributed by atoms with Crippen LogP contribution in [0.25, 0.3) is 0 Å². The van der Waals surface area contributed by atoms with Gasteiger partial charge in [0.25, 0.3) is 10.0 Å². The fourth-order valence-corrected chi connectivity index (χ4v) is 4.52. The van der Waals surface area contributed by atoms with Gasteiger partial charge >= 0.3 is 0 Å². The fraction of sp³-hybridized carbons (Fsp3) is 0.136. The first-order valence-corrected chi connectivity index (χ1v) is 11.5. The van der Waals surface area contributed by atoms with E-state index in [0.717, 1.165) is 10.6 Å². The Morgan fingerprint density at radius 3 is 2.13 bits per heavy atom. The minimum Gasteiger partial charge on any atom is -0.497 e. The Kier molecular flexibility index (Phi) is 7.02. The minimum absolute atomic E-state index is 0.116. The highest BCUT2D eigenvalue weighted by atomic mass is 32.2. The Labute approximate surface area is 180 Å². The third-order valence-corrected chi connectivity index (χ3v) is 6.71. The molecule has 3 rings (SSSR count). The Morgan fingerprint density at radius 2 is 1.53 bits per heavy atom. The molecule has 6 nitrogen and oxygen atoms in total. The lowest BCUT2D eigenvalue weighted by molar-refractivity contribution is -0.115. The molecule has 2 N–H and O–H groups in total. The molecule has 0 aliphatic heterocycles. The summed E-state index contributed by atoms with van der Waals surface area (Å²) in [5, 5.41) is 2.48. The summed E-state index contributed by atoms with van der Waals surface area (Å²) in [6.45, 7) is 1.81. The quantitative estimate of drug-likeness (QED) is 0.498. The lowest BCUT2D eigenvalue weighted by Crippen LogP contribution is -2.22. The van der Waals surface area contributed by atoms with Crippen LogP contribution in [0.15, 0.2) is 88.7 Å². The van der Waals surface area contributed by atoms with Crippen molar-refractivity contribution in [2.75, 3.05) is 17.1 Å². The van der Waals surface area contributed by atoms with Crippen molar-refractivity contribution in [2.45, 2.75) is 22.0 Å². The first kappa shape index (κ1) is 21.7. The number of carbonyl (C=O) groups excluding carboxylic acids is 1.